The van der Waals surface area contributed by atoms with Crippen LogP contribution in [0.3, 0.4) is 0 Å². The summed E-state index contributed by atoms with van der Waals surface area (Å²) in [5.41, 5.74) is 0. The molecule has 21 heavy (non-hydrogen) atoms. The van der Waals surface area contributed by atoms with Crippen molar-refractivity contribution in [2.45, 2.75) is 90.0 Å². The van der Waals surface area contributed by atoms with Crippen LogP contribution in [0.1, 0.15) is 84.0 Å². The Balaban J connectivity index is 1.47. The number of nitrogens with zero attached hydrogens (tertiary/aromatic N) is 1. The molecule has 2 aliphatic carbocycles. The largest absolute Gasteiger partial charge is 0.315 e. The lowest BCUT2D eigenvalue weighted by Crippen LogP contribution is -2.41. The maximum absolute atomic E-state index is 3.69. The Morgan fingerprint density at radius 2 is 1.52 bits per heavy atom. The normalized spacial score (nSPS) is 22.0. The predicted molar refractivity (Wildman–Crippen MR) is 92.8 cm³/mol. The van der Waals surface area contributed by atoms with Crippen LogP contribution in [0, 0.1) is 5.92 Å². The zero-order valence-corrected chi connectivity index (χ0v) is 14.4. The molecule has 0 aromatic heterocycles. The van der Waals surface area contributed by atoms with Crippen LogP contribution in [0.5, 0.6) is 0 Å². The minimum absolute atomic E-state index is 0.882. The van der Waals surface area contributed by atoms with E-state index in [2.05, 4.69) is 17.1 Å². The van der Waals surface area contributed by atoms with E-state index in [-0.39, 0.29) is 0 Å². The zero-order chi connectivity index (χ0) is 14.8. The second kappa shape index (κ2) is 10.6. The lowest BCUT2D eigenvalue weighted by atomic mass is 9.86. The van der Waals surface area contributed by atoms with Crippen LogP contribution in [0.4, 0.5) is 0 Å². The van der Waals surface area contributed by atoms with Gasteiger partial charge in [-0.3, -0.25) is 4.90 Å². The molecule has 2 fully saturated rings. The van der Waals surface area contributed by atoms with E-state index in [1.165, 1.54) is 103 Å². The van der Waals surface area contributed by atoms with Crippen molar-refractivity contribution in [1.82, 2.24) is 10.2 Å². The van der Waals surface area contributed by atoms with Gasteiger partial charge in [-0.25, -0.2) is 0 Å². The van der Waals surface area contributed by atoms with Gasteiger partial charge in [0.15, 0.2) is 0 Å². The van der Waals surface area contributed by atoms with Crippen molar-refractivity contribution in [3.05, 3.63) is 0 Å². The van der Waals surface area contributed by atoms with Gasteiger partial charge in [-0.15, -0.1) is 0 Å². The van der Waals surface area contributed by atoms with Crippen molar-refractivity contribution in [2.75, 3.05) is 26.2 Å². The maximum atomic E-state index is 3.69. The first-order chi connectivity index (χ1) is 10.4. The minimum Gasteiger partial charge on any atom is -0.315 e. The summed E-state index contributed by atoms with van der Waals surface area (Å²) in [6, 6.07) is 0.882. The molecule has 0 aromatic carbocycles. The highest BCUT2D eigenvalue weighted by Gasteiger charge is 2.19. The fraction of sp³-hybridized carbons (Fsp3) is 1.00. The fourth-order valence-corrected chi connectivity index (χ4v) is 4.38. The van der Waals surface area contributed by atoms with Gasteiger partial charge in [0.1, 0.15) is 0 Å². The number of hydrogen-bond acceptors (Lipinski definition) is 2. The summed E-state index contributed by atoms with van der Waals surface area (Å²) in [4.78, 5) is 2.72. The average Bonchev–Trinajstić information content (AvgIpc) is 2.56. The van der Waals surface area contributed by atoms with Crippen LogP contribution in [0.25, 0.3) is 0 Å². The molecule has 0 aromatic rings. The van der Waals surface area contributed by atoms with Crippen molar-refractivity contribution >= 4 is 0 Å². The molecule has 0 aliphatic heterocycles. The molecule has 2 rings (SSSR count). The average molecular weight is 295 g/mol. The van der Waals surface area contributed by atoms with E-state index in [1.54, 1.807) is 0 Å². The van der Waals surface area contributed by atoms with Gasteiger partial charge in [0.25, 0.3) is 0 Å². The summed E-state index contributed by atoms with van der Waals surface area (Å²) in [6.45, 7) is 7.24. The molecule has 0 bridgehead atoms. The molecular formula is C19H38N2. The predicted octanol–water partition coefficient (Wildman–Crippen LogP) is 4.59. The smallest absolute Gasteiger partial charge is 0.0110 e. The summed E-state index contributed by atoms with van der Waals surface area (Å²) in [7, 11) is 0. The van der Waals surface area contributed by atoms with Gasteiger partial charge in [-0.05, 0) is 44.7 Å². The molecule has 1 N–H and O–H groups in total. The Morgan fingerprint density at radius 1 is 0.857 bits per heavy atom. The molecule has 124 valence electrons. The third-order valence-electron chi connectivity index (χ3n) is 5.76. The SMILES string of the molecule is CCN(CCNCCCC1CCCCC1)C1CCCCC1. The molecule has 2 aliphatic rings. The van der Waals surface area contributed by atoms with Gasteiger partial charge < -0.3 is 5.32 Å². The van der Waals surface area contributed by atoms with Crippen LogP contribution in [-0.4, -0.2) is 37.1 Å². The quantitative estimate of drug-likeness (QED) is 0.626. The van der Waals surface area contributed by atoms with Crippen molar-refractivity contribution in [3.63, 3.8) is 0 Å². The molecule has 0 unspecified atom stereocenters. The lowest BCUT2D eigenvalue weighted by molar-refractivity contribution is 0.164. The molecule has 0 spiro atoms. The molecule has 0 amide bonds. The van der Waals surface area contributed by atoms with Crippen molar-refractivity contribution in [1.29, 1.82) is 0 Å². The number of nitrogens with one attached hydrogen (secondary N) is 1. The maximum Gasteiger partial charge on any atom is 0.0110 e. The van der Waals surface area contributed by atoms with E-state index in [0.717, 1.165) is 12.0 Å². The third kappa shape index (κ3) is 6.69. The van der Waals surface area contributed by atoms with Crippen molar-refractivity contribution < 1.29 is 0 Å². The van der Waals surface area contributed by atoms with E-state index in [1.807, 2.05) is 0 Å². The third-order valence-corrected chi connectivity index (χ3v) is 5.76. The fourth-order valence-electron chi connectivity index (χ4n) is 4.38. The van der Waals surface area contributed by atoms with E-state index in [9.17, 15) is 0 Å². The summed E-state index contributed by atoms with van der Waals surface area (Å²) >= 11 is 0. The molecule has 0 atom stereocenters. The number of rotatable bonds is 9. The van der Waals surface area contributed by atoms with Crippen molar-refractivity contribution in [3.8, 4) is 0 Å². The second-order valence-electron chi connectivity index (χ2n) is 7.32. The van der Waals surface area contributed by atoms with E-state index < -0.39 is 0 Å². The second-order valence-corrected chi connectivity index (χ2v) is 7.32. The highest BCUT2D eigenvalue weighted by molar-refractivity contribution is 4.75. The first kappa shape index (κ1) is 17.3. The first-order valence-corrected chi connectivity index (χ1v) is 9.85. The van der Waals surface area contributed by atoms with Crippen LogP contribution in [0.2, 0.25) is 0 Å². The standard InChI is InChI=1S/C19H38N2/c1-2-21(19-13-7-4-8-14-19)17-16-20-15-9-12-18-10-5-3-6-11-18/h18-20H,2-17H2,1H3. The minimum atomic E-state index is 0.882. The number of hydrogen-bond donors (Lipinski definition) is 1. The van der Waals surface area contributed by atoms with Crippen LogP contribution in [-0.2, 0) is 0 Å². The highest BCUT2D eigenvalue weighted by atomic mass is 15.2. The topological polar surface area (TPSA) is 15.3 Å². The monoisotopic (exact) mass is 294 g/mol. The molecule has 0 radical (unpaired) electrons. The summed E-state index contributed by atoms with van der Waals surface area (Å²) in [5.74, 6) is 1.05. The van der Waals surface area contributed by atoms with Gasteiger partial charge in [0.05, 0.1) is 0 Å². The molecule has 2 nitrogen and oxygen atoms in total. The van der Waals surface area contributed by atoms with Gasteiger partial charge in [0, 0.05) is 19.1 Å². The molecule has 2 saturated carbocycles. The van der Waals surface area contributed by atoms with E-state index in [0.29, 0.717) is 0 Å². The molecular weight excluding hydrogens is 256 g/mol. The first-order valence-electron chi connectivity index (χ1n) is 9.85. The van der Waals surface area contributed by atoms with Crippen LogP contribution < -0.4 is 5.32 Å². The Morgan fingerprint density at radius 3 is 2.19 bits per heavy atom. The number of likely N-dealkylation sites (N-methyl/N-ethyl adjacent to an activating group) is 1. The van der Waals surface area contributed by atoms with Crippen molar-refractivity contribution in [2.24, 2.45) is 5.92 Å². The van der Waals surface area contributed by atoms with Gasteiger partial charge in [-0.2, -0.15) is 0 Å². The Hall–Kier alpha value is -0.0800. The van der Waals surface area contributed by atoms with Crippen LogP contribution >= 0.6 is 0 Å². The molecule has 2 heteroatoms. The Labute approximate surface area is 133 Å². The Bertz CT molecular complexity index is 242. The summed E-state index contributed by atoms with van der Waals surface area (Å²) in [6.07, 6.45) is 17.6. The van der Waals surface area contributed by atoms with Gasteiger partial charge in [-0.1, -0.05) is 58.3 Å². The van der Waals surface area contributed by atoms with E-state index in [4.69, 9.17) is 0 Å². The lowest BCUT2D eigenvalue weighted by Gasteiger charge is -2.33. The Kier molecular flexibility index (Phi) is 8.73. The van der Waals surface area contributed by atoms with Gasteiger partial charge in [0.2, 0.25) is 0 Å². The van der Waals surface area contributed by atoms with Crippen LogP contribution in [0.15, 0.2) is 0 Å². The molecule has 0 heterocycles. The van der Waals surface area contributed by atoms with E-state index >= 15 is 0 Å². The zero-order valence-electron chi connectivity index (χ0n) is 14.4. The highest BCUT2D eigenvalue weighted by Crippen LogP contribution is 2.27. The molecule has 0 saturated heterocycles. The van der Waals surface area contributed by atoms with Gasteiger partial charge >= 0.3 is 0 Å². The summed E-state index contributed by atoms with van der Waals surface area (Å²) in [5, 5.41) is 3.69. The summed E-state index contributed by atoms with van der Waals surface area (Å²) < 4.78 is 0.